The van der Waals surface area contributed by atoms with Gasteiger partial charge in [-0.25, -0.2) is 8.42 Å². The average Bonchev–Trinajstić information content (AvgIpc) is 2.80. The number of hydrogen-bond acceptors (Lipinski definition) is 4. The van der Waals surface area contributed by atoms with Crippen molar-refractivity contribution in [1.29, 1.82) is 0 Å². The SMILES string of the molecule is CCC(C)c1nn(C2(C)CCS(=O)(=O)C2)cc1N. The van der Waals surface area contributed by atoms with Gasteiger partial charge in [-0.3, -0.25) is 4.68 Å². The van der Waals surface area contributed by atoms with Crippen molar-refractivity contribution in [3.63, 3.8) is 0 Å². The summed E-state index contributed by atoms with van der Waals surface area (Å²) in [5.74, 6) is 0.691. The summed E-state index contributed by atoms with van der Waals surface area (Å²) in [5, 5.41) is 4.53. The first kappa shape index (κ1) is 13.4. The van der Waals surface area contributed by atoms with Gasteiger partial charge in [0, 0.05) is 12.1 Å². The number of sulfone groups is 1. The summed E-state index contributed by atoms with van der Waals surface area (Å²) in [6.07, 6.45) is 3.36. The molecule has 0 aromatic carbocycles. The zero-order valence-electron chi connectivity index (χ0n) is 11.2. The van der Waals surface area contributed by atoms with Crippen LogP contribution in [0.4, 0.5) is 5.69 Å². The van der Waals surface area contributed by atoms with Crippen molar-refractivity contribution in [3.05, 3.63) is 11.9 Å². The number of anilines is 1. The molecule has 0 spiro atoms. The van der Waals surface area contributed by atoms with Crippen LogP contribution in [-0.4, -0.2) is 29.7 Å². The Morgan fingerprint density at radius 2 is 2.28 bits per heavy atom. The number of nitrogen functional groups attached to an aromatic ring is 1. The number of aromatic nitrogens is 2. The Morgan fingerprint density at radius 3 is 2.78 bits per heavy atom. The fourth-order valence-electron chi connectivity index (χ4n) is 2.43. The van der Waals surface area contributed by atoms with Crippen molar-refractivity contribution in [3.8, 4) is 0 Å². The molecule has 18 heavy (non-hydrogen) atoms. The summed E-state index contributed by atoms with van der Waals surface area (Å²) in [5.41, 5.74) is 7.07. The van der Waals surface area contributed by atoms with Crippen molar-refractivity contribution < 1.29 is 8.42 Å². The van der Waals surface area contributed by atoms with Crippen LogP contribution in [0.1, 0.15) is 45.2 Å². The molecule has 2 atom stereocenters. The molecule has 5 nitrogen and oxygen atoms in total. The smallest absolute Gasteiger partial charge is 0.152 e. The Bertz CT molecular complexity index is 550. The van der Waals surface area contributed by atoms with Crippen LogP contribution in [0, 0.1) is 0 Å². The Kier molecular flexibility index (Phi) is 3.17. The minimum atomic E-state index is -2.93. The van der Waals surface area contributed by atoms with E-state index in [1.807, 2.05) is 6.92 Å². The summed E-state index contributed by atoms with van der Waals surface area (Å²) in [7, 11) is -2.93. The largest absolute Gasteiger partial charge is 0.396 e. The lowest BCUT2D eigenvalue weighted by molar-refractivity contribution is 0.325. The molecule has 1 aliphatic heterocycles. The molecule has 0 aliphatic carbocycles. The van der Waals surface area contributed by atoms with Crippen LogP contribution in [0.15, 0.2) is 6.20 Å². The lowest BCUT2D eigenvalue weighted by atomic mass is 10.0. The van der Waals surface area contributed by atoms with Gasteiger partial charge in [0.25, 0.3) is 0 Å². The zero-order chi connectivity index (χ0) is 13.6. The van der Waals surface area contributed by atoms with Crippen molar-refractivity contribution in [2.45, 2.75) is 45.1 Å². The summed E-state index contributed by atoms with van der Waals surface area (Å²) < 4.78 is 25.0. The molecule has 0 saturated carbocycles. The topological polar surface area (TPSA) is 78.0 Å². The maximum atomic E-state index is 11.6. The number of nitrogens with two attached hydrogens (primary N) is 1. The first-order chi connectivity index (χ1) is 8.27. The molecule has 1 aliphatic rings. The molecule has 0 amide bonds. The molecule has 0 bridgehead atoms. The number of hydrogen-bond donors (Lipinski definition) is 1. The van der Waals surface area contributed by atoms with E-state index >= 15 is 0 Å². The second-order valence-electron chi connectivity index (χ2n) is 5.56. The molecule has 1 fully saturated rings. The average molecular weight is 271 g/mol. The first-order valence-corrected chi connectivity index (χ1v) is 8.15. The van der Waals surface area contributed by atoms with E-state index in [0.29, 0.717) is 18.0 Å². The molecule has 0 radical (unpaired) electrons. The van der Waals surface area contributed by atoms with Crippen LogP contribution in [0.3, 0.4) is 0 Å². The highest BCUT2D eigenvalue weighted by Crippen LogP contribution is 2.33. The lowest BCUT2D eigenvalue weighted by Gasteiger charge is -2.22. The van der Waals surface area contributed by atoms with Gasteiger partial charge in [-0.1, -0.05) is 13.8 Å². The fourth-order valence-corrected chi connectivity index (χ4v) is 4.55. The Hall–Kier alpha value is -1.04. The summed E-state index contributed by atoms with van der Waals surface area (Å²) >= 11 is 0. The van der Waals surface area contributed by atoms with Gasteiger partial charge < -0.3 is 5.73 Å². The normalized spacial score (nSPS) is 28.4. The minimum Gasteiger partial charge on any atom is -0.396 e. The molecule has 2 heterocycles. The Balaban J connectivity index is 2.36. The third-order valence-corrected chi connectivity index (χ3v) is 5.78. The van der Waals surface area contributed by atoms with Gasteiger partial charge in [-0.15, -0.1) is 0 Å². The summed E-state index contributed by atoms with van der Waals surface area (Å²) in [6.45, 7) is 6.10. The summed E-state index contributed by atoms with van der Waals surface area (Å²) in [6, 6.07) is 0. The van der Waals surface area contributed by atoms with E-state index in [4.69, 9.17) is 5.73 Å². The van der Waals surface area contributed by atoms with Gasteiger partial charge in [0.1, 0.15) is 0 Å². The van der Waals surface area contributed by atoms with Gasteiger partial charge in [-0.2, -0.15) is 5.10 Å². The van der Waals surface area contributed by atoms with Crippen molar-refractivity contribution >= 4 is 15.5 Å². The van der Waals surface area contributed by atoms with Gasteiger partial charge in [-0.05, 0) is 19.8 Å². The van der Waals surface area contributed by atoms with Crippen LogP contribution in [0.25, 0.3) is 0 Å². The van der Waals surface area contributed by atoms with Gasteiger partial charge in [0.15, 0.2) is 9.84 Å². The second-order valence-corrected chi connectivity index (χ2v) is 7.75. The molecule has 2 rings (SSSR count). The van der Waals surface area contributed by atoms with Crippen molar-refractivity contribution in [2.75, 3.05) is 17.2 Å². The van der Waals surface area contributed by atoms with Gasteiger partial charge >= 0.3 is 0 Å². The Morgan fingerprint density at radius 1 is 1.61 bits per heavy atom. The highest BCUT2D eigenvalue weighted by Gasteiger charge is 2.41. The summed E-state index contributed by atoms with van der Waals surface area (Å²) in [4.78, 5) is 0. The van der Waals surface area contributed by atoms with Gasteiger partial charge in [0.05, 0.1) is 28.4 Å². The zero-order valence-corrected chi connectivity index (χ0v) is 12.0. The standard InChI is InChI=1S/C12H21N3O2S/c1-4-9(2)11-10(13)7-15(14-11)12(3)5-6-18(16,17)8-12/h7,9H,4-6,8,13H2,1-3H3. The molecular weight excluding hydrogens is 250 g/mol. The van der Waals surface area contributed by atoms with Crippen LogP contribution >= 0.6 is 0 Å². The maximum absolute atomic E-state index is 11.6. The molecule has 102 valence electrons. The fraction of sp³-hybridized carbons (Fsp3) is 0.750. The lowest BCUT2D eigenvalue weighted by Crippen LogP contribution is -2.32. The van der Waals surface area contributed by atoms with E-state index in [2.05, 4.69) is 18.9 Å². The predicted octanol–water partition coefficient (Wildman–Crippen LogP) is 1.51. The number of rotatable bonds is 3. The third-order valence-electron chi connectivity index (χ3n) is 3.89. The van der Waals surface area contributed by atoms with E-state index in [9.17, 15) is 8.42 Å². The first-order valence-electron chi connectivity index (χ1n) is 6.33. The molecule has 1 aromatic heterocycles. The van der Waals surface area contributed by atoms with E-state index in [1.54, 1.807) is 10.9 Å². The quantitative estimate of drug-likeness (QED) is 0.904. The monoisotopic (exact) mass is 271 g/mol. The minimum absolute atomic E-state index is 0.154. The molecule has 1 saturated heterocycles. The van der Waals surface area contributed by atoms with Crippen LogP contribution in [-0.2, 0) is 15.4 Å². The highest BCUT2D eigenvalue weighted by molar-refractivity contribution is 7.91. The van der Waals surface area contributed by atoms with E-state index < -0.39 is 15.4 Å². The van der Waals surface area contributed by atoms with E-state index in [1.165, 1.54) is 0 Å². The maximum Gasteiger partial charge on any atom is 0.152 e. The molecule has 6 heteroatoms. The van der Waals surface area contributed by atoms with Crippen LogP contribution in [0.2, 0.25) is 0 Å². The van der Waals surface area contributed by atoms with Crippen molar-refractivity contribution in [2.24, 2.45) is 0 Å². The van der Waals surface area contributed by atoms with E-state index in [0.717, 1.165) is 12.1 Å². The van der Waals surface area contributed by atoms with Gasteiger partial charge in [0.2, 0.25) is 0 Å². The molecular formula is C12H21N3O2S. The predicted molar refractivity (Wildman–Crippen MR) is 72.3 cm³/mol. The molecule has 1 aromatic rings. The molecule has 2 N–H and O–H groups in total. The third kappa shape index (κ3) is 2.25. The second kappa shape index (κ2) is 4.26. The Labute approximate surface area is 108 Å². The molecule has 2 unspecified atom stereocenters. The van der Waals surface area contributed by atoms with Crippen LogP contribution < -0.4 is 5.73 Å². The highest BCUT2D eigenvalue weighted by atomic mass is 32.2. The number of nitrogens with zero attached hydrogens (tertiary/aromatic N) is 2. The van der Waals surface area contributed by atoms with E-state index in [-0.39, 0.29) is 11.5 Å². The van der Waals surface area contributed by atoms with Crippen molar-refractivity contribution in [1.82, 2.24) is 9.78 Å². The van der Waals surface area contributed by atoms with Crippen LogP contribution in [0.5, 0.6) is 0 Å².